The number of aromatic nitrogens is 1. The highest BCUT2D eigenvalue weighted by atomic mass is 32.2. The second kappa shape index (κ2) is 6.06. The van der Waals surface area contributed by atoms with E-state index in [0.29, 0.717) is 18.8 Å². The summed E-state index contributed by atoms with van der Waals surface area (Å²) < 4.78 is 62.8. The van der Waals surface area contributed by atoms with Crippen LogP contribution in [0.5, 0.6) is 5.75 Å². The van der Waals surface area contributed by atoms with Crippen molar-refractivity contribution >= 4 is 15.8 Å². The van der Waals surface area contributed by atoms with Crippen LogP contribution in [0.15, 0.2) is 18.5 Å². The zero-order valence-electron chi connectivity index (χ0n) is 10.9. The molecule has 0 spiro atoms. The number of nitrogens with one attached hydrogen (secondary N) is 1. The highest BCUT2D eigenvalue weighted by Crippen LogP contribution is 2.28. The van der Waals surface area contributed by atoms with E-state index in [1.165, 1.54) is 12.3 Å². The highest BCUT2D eigenvalue weighted by Gasteiger charge is 2.48. The molecule has 1 aliphatic heterocycles. The molecule has 0 bridgehead atoms. The Morgan fingerprint density at radius 3 is 2.71 bits per heavy atom. The zero-order chi connectivity index (χ0) is 15.5. The van der Waals surface area contributed by atoms with Crippen LogP contribution in [0.2, 0.25) is 0 Å². The largest absolute Gasteiger partial charge is 0.534 e. The van der Waals surface area contributed by atoms with Crippen LogP contribution in [-0.4, -0.2) is 45.1 Å². The van der Waals surface area contributed by atoms with Crippen LogP contribution < -0.4 is 14.4 Å². The van der Waals surface area contributed by atoms with E-state index >= 15 is 0 Å². The van der Waals surface area contributed by atoms with Crippen LogP contribution in [0.25, 0.3) is 0 Å². The number of rotatable bonds is 3. The molecule has 2 rings (SSSR count). The van der Waals surface area contributed by atoms with Gasteiger partial charge >= 0.3 is 15.6 Å². The van der Waals surface area contributed by atoms with E-state index in [4.69, 9.17) is 0 Å². The summed E-state index contributed by atoms with van der Waals surface area (Å²) in [7, 11) is -5.68. The molecule has 21 heavy (non-hydrogen) atoms. The summed E-state index contributed by atoms with van der Waals surface area (Å²) >= 11 is 0. The van der Waals surface area contributed by atoms with Crippen molar-refractivity contribution in [3.05, 3.63) is 18.5 Å². The molecule has 1 aromatic rings. The van der Waals surface area contributed by atoms with Crippen molar-refractivity contribution in [3.8, 4) is 5.75 Å². The molecule has 1 fully saturated rings. The van der Waals surface area contributed by atoms with Gasteiger partial charge < -0.3 is 14.4 Å². The smallest absolute Gasteiger partial charge is 0.374 e. The van der Waals surface area contributed by atoms with Crippen LogP contribution in [0.1, 0.15) is 6.42 Å². The quantitative estimate of drug-likeness (QED) is 0.663. The van der Waals surface area contributed by atoms with Crippen molar-refractivity contribution in [3.63, 3.8) is 0 Å². The maximum absolute atomic E-state index is 12.3. The Morgan fingerprint density at radius 2 is 2.00 bits per heavy atom. The average Bonchev–Trinajstić information content (AvgIpc) is 2.66. The Hall–Kier alpha value is -1.55. The molecule has 0 unspecified atom stereocenters. The Kier molecular flexibility index (Phi) is 4.57. The van der Waals surface area contributed by atoms with Crippen molar-refractivity contribution in [1.82, 2.24) is 10.3 Å². The van der Waals surface area contributed by atoms with Gasteiger partial charge in [0, 0.05) is 25.7 Å². The van der Waals surface area contributed by atoms with Crippen LogP contribution in [0, 0.1) is 0 Å². The monoisotopic (exact) mass is 325 g/mol. The van der Waals surface area contributed by atoms with Gasteiger partial charge in [-0.3, -0.25) is 4.98 Å². The van der Waals surface area contributed by atoms with Gasteiger partial charge in [-0.1, -0.05) is 0 Å². The fourth-order valence-electron chi connectivity index (χ4n) is 1.90. The van der Waals surface area contributed by atoms with Gasteiger partial charge in [-0.15, -0.1) is 0 Å². The lowest BCUT2D eigenvalue weighted by Crippen LogP contribution is -2.29. The molecule has 1 aromatic heterocycles. The van der Waals surface area contributed by atoms with Crippen molar-refractivity contribution in [2.75, 3.05) is 31.1 Å². The summed E-state index contributed by atoms with van der Waals surface area (Å²) in [6.07, 6.45) is 3.26. The molecule has 1 N–H and O–H groups in total. The van der Waals surface area contributed by atoms with Gasteiger partial charge in [0.15, 0.2) is 5.75 Å². The first-order chi connectivity index (χ1) is 9.79. The second-order valence-electron chi connectivity index (χ2n) is 4.45. The van der Waals surface area contributed by atoms with Gasteiger partial charge in [0.2, 0.25) is 0 Å². The van der Waals surface area contributed by atoms with Gasteiger partial charge in [0.1, 0.15) is 0 Å². The van der Waals surface area contributed by atoms with E-state index in [-0.39, 0.29) is 0 Å². The predicted octanol–water partition coefficient (Wildman–Crippen LogP) is 1.11. The SMILES string of the molecule is O=S(=O)(Oc1cncc(N2CCCNCC2)c1)C(F)(F)F. The molecule has 0 radical (unpaired) electrons. The zero-order valence-corrected chi connectivity index (χ0v) is 11.7. The summed E-state index contributed by atoms with van der Waals surface area (Å²) in [5, 5.41) is 3.18. The topological polar surface area (TPSA) is 71.5 Å². The van der Waals surface area contributed by atoms with Crippen molar-refractivity contribution in [2.45, 2.75) is 11.9 Å². The minimum absolute atomic E-state index is 0.456. The van der Waals surface area contributed by atoms with Crippen LogP contribution in [-0.2, 0) is 10.1 Å². The first-order valence-corrected chi connectivity index (χ1v) is 7.62. The molecule has 0 atom stereocenters. The molecule has 2 heterocycles. The molecule has 118 valence electrons. The minimum Gasteiger partial charge on any atom is -0.374 e. The lowest BCUT2D eigenvalue weighted by molar-refractivity contribution is -0.0500. The van der Waals surface area contributed by atoms with Gasteiger partial charge in [0.25, 0.3) is 0 Å². The van der Waals surface area contributed by atoms with Gasteiger partial charge in [-0.05, 0) is 13.0 Å². The van der Waals surface area contributed by atoms with E-state index in [2.05, 4.69) is 14.5 Å². The summed E-state index contributed by atoms with van der Waals surface area (Å²) in [5.41, 5.74) is -4.94. The van der Waals surface area contributed by atoms with E-state index < -0.39 is 21.4 Å². The molecule has 1 saturated heterocycles. The summed E-state index contributed by atoms with van der Waals surface area (Å²) in [6, 6.07) is 1.24. The average molecular weight is 325 g/mol. The third kappa shape index (κ3) is 3.97. The third-order valence-electron chi connectivity index (χ3n) is 2.89. The van der Waals surface area contributed by atoms with Crippen LogP contribution in [0.4, 0.5) is 18.9 Å². The number of hydrogen-bond donors (Lipinski definition) is 1. The maximum atomic E-state index is 12.3. The fraction of sp³-hybridized carbons (Fsp3) is 0.545. The fourth-order valence-corrected chi connectivity index (χ4v) is 2.34. The second-order valence-corrected chi connectivity index (χ2v) is 5.99. The van der Waals surface area contributed by atoms with Crippen molar-refractivity contribution < 1.29 is 25.8 Å². The Labute approximate surface area is 120 Å². The molecule has 10 heteroatoms. The normalized spacial score (nSPS) is 17.4. The van der Waals surface area contributed by atoms with E-state index in [1.807, 2.05) is 4.90 Å². The van der Waals surface area contributed by atoms with E-state index in [9.17, 15) is 21.6 Å². The summed E-state index contributed by atoms with van der Waals surface area (Å²) in [5.74, 6) is -0.456. The molecule has 0 amide bonds. The number of halogens is 3. The Morgan fingerprint density at radius 1 is 1.24 bits per heavy atom. The van der Waals surface area contributed by atoms with Crippen molar-refractivity contribution in [2.24, 2.45) is 0 Å². The number of hydrogen-bond acceptors (Lipinski definition) is 6. The minimum atomic E-state index is -5.68. The third-order valence-corrected chi connectivity index (χ3v) is 3.87. The summed E-state index contributed by atoms with van der Waals surface area (Å²) in [4.78, 5) is 5.64. The molecule has 0 aromatic carbocycles. The molecule has 6 nitrogen and oxygen atoms in total. The number of alkyl halides is 3. The van der Waals surface area contributed by atoms with Gasteiger partial charge in [-0.2, -0.15) is 21.6 Å². The Balaban J connectivity index is 2.18. The first-order valence-electron chi connectivity index (χ1n) is 6.21. The molecular weight excluding hydrogens is 311 g/mol. The lowest BCUT2D eigenvalue weighted by atomic mass is 10.3. The van der Waals surface area contributed by atoms with Gasteiger partial charge in [0.05, 0.1) is 18.1 Å². The number of pyridine rings is 1. The van der Waals surface area contributed by atoms with Gasteiger partial charge in [-0.25, -0.2) is 0 Å². The highest BCUT2D eigenvalue weighted by molar-refractivity contribution is 7.87. The van der Waals surface area contributed by atoms with E-state index in [0.717, 1.165) is 25.7 Å². The molecule has 0 saturated carbocycles. The molecular formula is C11H14F3N3O3S. The molecule has 0 aliphatic carbocycles. The predicted molar refractivity (Wildman–Crippen MR) is 69.5 cm³/mol. The van der Waals surface area contributed by atoms with Crippen LogP contribution in [0.3, 0.4) is 0 Å². The maximum Gasteiger partial charge on any atom is 0.534 e. The number of anilines is 1. The summed E-state index contributed by atoms with van der Waals surface area (Å²) in [6.45, 7) is 2.93. The standard InChI is InChI=1S/C11H14F3N3O3S/c12-11(13,14)21(18,19)20-10-6-9(7-16-8-10)17-4-1-2-15-3-5-17/h6-8,15H,1-5H2. The number of nitrogens with zero attached hydrogens (tertiary/aromatic N) is 2. The Bertz CT molecular complexity index is 584. The molecule has 1 aliphatic rings. The van der Waals surface area contributed by atoms with Crippen LogP contribution >= 0.6 is 0 Å². The van der Waals surface area contributed by atoms with E-state index in [1.54, 1.807) is 0 Å². The lowest BCUT2D eigenvalue weighted by Gasteiger charge is -2.22. The first kappa shape index (κ1) is 15.8. The van der Waals surface area contributed by atoms with Crippen molar-refractivity contribution in [1.29, 1.82) is 0 Å².